The number of rotatable bonds is 5. The van der Waals surface area contributed by atoms with Crippen LogP contribution >= 0.6 is 0 Å². The fraction of sp³-hybridized carbons (Fsp3) is 0.200. The molecule has 0 saturated carbocycles. The monoisotopic (exact) mass is 353 g/mol. The fourth-order valence-corrected chi connectivity index (χ4v) is 2.67. The number of anilines is 1. The van der Waals surface area contributed by atoms with Crippen molar-refractivity contribution in [2.75, 3.05) is 19.0 Å². The van der Waals surface area contributed by atoms with Crippen molar-refractivity contribution in [3.05, 3.63) is 64.0 Å². The maximum atomic E-state index is 12.1. The third-order valence-electron chi connectivity index (χ3n) is 4.05. The van der Waals surface area contributed by atoms with Crippen LogP contribution in [-0.2, 0) is 4.79 Å². The van der Waals surface area contributed by atoms with E-state index >= 15 is 0 Å². The van der Waals surface area contributed by atoms with E-state index in [0.29, 0.717) is 28.3 Å². The van der Waals surface area contributed by atoms with Crippen LogP contribution in [0.15, 0.2) is 51.7 Å². The summed E-state index contributed by atoms with van der Waals surface area (Å²) >= 11 is 0. The average Bonchev–Trinajstić information content (AvgIpc) is 2.62. The highest BCUT2D eigenvalue weighted by atomic mass is 16.5. The van der Waals surface area contributed by atoms with Gasteiger partial charge >= 0.3 is 5.63 Å². The number of methoxy groups -OCH3 is 1. The van der Waals surface area contributed by atoms with Gasteiger partial charge in [0.25, 0.3) is 5.91 Å². The van der Waals surface area contributed by atoms with Crippen molar-refractivity contribution in [2.24, 2.45) is 0 Å². The van der Waals surface area contributed by atoms with Crippen LogP contribution in [0.1, 0.15) is 11.1 Å². The minimum atomic E-state index is -0.410. The van der Waals surface area contributed by atoms with E-state index in [1.165, 1.54) is 6.07 Å². The highest BCUT2D eigenvalue weighted by Gasteiger charge is 2.11. The van der Waals surface area contributed by atoms with Gasteiger partial charge in [-0.05, 0) is 55.8 Å². The number of benzene rings is 2. The zero-order valence-electron chi connectivity index (χ0n) is 14.8. The summed E-state index contributed by atoms with van der Waals surface area (Å²) < 4.78 is 16.0. The molecule has 1 N–H and O–H groups in total. The maximum absolute atomic E-state index is 12.1. The van der Waals surface area contributed by atoms with Crippen molar-refractivity contribution < 1.29 is 18.7 Å². The third-order valence-corrected chi connectivity index (χ3v) is 4.05. The Morgan fingerprint density at radius 1 is 1.12 bits per heavy atom. The number of amides is 1. The van der Waals surface area contributed by atoms with Gasteiger partial charge in [0.1, 0.15) is 17.1 Å². The van der Waals surface area contributed by atoms with Crippen molar-refractivity contribution in [1.82, 2.24) is 0 Å². The van der Waals surface area contributed by atoms with Crippen molar-refractivity contribution in [2.45, 2.75) is 13.8 Å². The lowest BCUT2D eigenvalue weighted by Crippen LogP contribution is -2.20. The second-order valence-electron chi connectivity index (χ2n) is 5.88. The van der Waals surface area contributed by atoms with E-state index in [1.54, 1.807) is 44.4 Å². The summed E-state index contributed by atoms with van der Waals surface area (Å²) in [5.41, 5.74) is 2.23. The van der Waals surface area contributed by atoms with Crippen LogP contribution in [0.5, 0.6) is 11.5 Å². The summed E-state index contributed by atoms with van der Waals surface area (Å²) in [5, 5.41) is 3.59. The molecule has 0 aliphatic rings. The van der Waals surface area contributed by atoms with Gasteiger partial charge in [0.05, 0.1) is 7.11 Å². The molecular weight excluding hydrogens is 334 g/mol. The number of hydrogen-bond donors (Lipinski definition) is 1. The molecule has 0 bridgehead atoms. The van der Waals surface area contributed by atoms with Gasteiger partial charge in [-0.3, -0.25) is 4.79 Å². The highest BCUT2D eigenvalue weighted by Crippen LogP contribution is 2.28. The van der Waals surface area contributed by atoms with Gasteiger partial charge in [0, 0.05) is 22.7 Å². The first-order chi connectivity index (χ1) is 12.5. The van der Waals surface area contributed by atoms with Gasteiger partial charge in [0.2, 0.25) is 0 Å². The molecule has 1 amide bonds. The molecule has 0 unspecified atom stereocenters. The number of hydrogen-bond acceptors (Lipinski definition) is 5. The molecule has 0 spiro atoms. The molecule has 26 heavy (non-hydrogen) atoms. The molecule has 2 aromatic carbocycles. The Bertz CT molecular complexity index is 1010. The first-order valence-corrected chi connectivity index (χ1v) is 8.08. The molecule has 0 saturated heterocycles. The molecule has 6 heteroatoms. The van der Waals surface area contributed by atoms with E-state index in [4.69, 9.17) is 13.9 Å². The summed E-state index contributed by atoms with van der Waals surface area (Å²) in [4.78, 5) is 23.7. The number of aryl methyl sites for hydroxylation is 2. The maximum Gasteiger partial charge on any atom is 0.336 e. The van der Waals surface area contributed by atoms with Crippen molar-refractivity contribution in [3.8, 4) is 11.5 Å². The summed E-state index contributed by atoms with van der Waals surface area (Å²) in [6, 6.07) is 12.0. The molecule has 1 heterocycles. The van der Waals surface area contributed by atoms with E-state index in [0.717, 1.165) is 10.9 Å². The summed E-state index contributed by atoms with van der Waals surface area (Å²) in [6.45, 7) is 3.48. The van der Waals surface area contributed by atoms with E-state index in [-0.39, 0.29) is 12.5 Å². The first-order valence-electron chi connectivity index (χ1n) is 8.08. The Balaban J connectivity index is 1.71. The number of carbonyl (C=O) groups excluding carboxylic acids is 1. The predicted molar refractivity (Wildman–Crippen MR) is 99.1 cm³/mol. The molecule has 0 aliphatic heterocycles. The summed E-state index contributed by atoms with van der Waals surface area (Å²) in [6.07, 6.45) is 0. The van der Waals surface area contributed by atoms with Gasteiger partial charge in [-0.1, -0.05) is 0 Å². The Morgan fingerprint density at radius 3 is 2.54 bits per heavy atom. The molecule has 0 aliphatic carbocycles. The second-order valence-corrected chi connectivity index (χ2v) is 5.88. The molecule has 3 aromatic rings. The summed E-state index contributed by atoms with van der Waals surface area (Å²) in [7, 11) is 1.58. The molecule has 0 radical (unpaired) electrons. The van der Waals surface area contributed by atoms with E-state index in [1.807, 2.05) is 13.0 Å². The molecular formula is C20H19NO5. The number of nitrogens with one attached hydrogen (secondary N) is 1. The molecule has 3 rings (SSSR count). The van der Waals surface area contributed by atoms with Crippen LogP contribution in [-0.4, -0.2) is 19.6 Å². The zero-order valence-corrected chi connectivity index (χ0v) is 14.8. The number of carbonyl (C=O) groups is 1. The Labute approximate surface area is 150 Å². The Kier molecular flexibility index (Phi) is 4.93. The lowest BCUT2D eigenvalue weighted by molar-refractivity contribution is -0.118. The molecule has 0 atom stereocenters. The topological polar surface area (TPSA) is 77.8 Å². The fourth-order valence-electron chi connectivity index (χ4n) is 2.67. The van der Waals surface area contributed by atoms with E-state index < -0.39 is 5.63 Å². The molecule has 1 aromatic heterocycles. The van der Waals surface area contributed by atoms with Gasteiger partial charge in [-0.25, -0.2) is 4.79 Å². The highest BCUT2D eigenvalue weighted by molar-refractivity contribution is 5.92. The van der Waals surface area contributed by atoms with Crippen molar-refractivity contribution in [1.29, 1.82) is 0 Å². The van der Waals surface area contributed by atoms with E-state index in [2.05, 4.69) is 5.32 Å². The van der Waals surface area contributed by atoms with Gasteiger partial charge in [-0.15, -0.1) is 0 Å². The number of fused-ring (bicyclic) bond motifs is 1. The van der Waals surface area contributed by atoms with Crippen LogP contribution < -0.4 is 20.4 Å². The van der Waals surface area contributed by atoms with Crippen LogP contribution in [0.2, 0.25) is 0 Å². The van der Waals surface area contributed by atoms with E-state index in [9.17, 15) is 9.59 Å². The predicted octanol–water partition coefficient (Wildman–Crippen LogP) is 3.44. The van der Waals surface area contributed by atoms with Gasteiger partial charge in [0.15, 0.2) is 6.61 Å². The standard InChI is InChI=1S/C20H19NO5/c1-12-10-19(23)26-20-13(2)17(9-8-16(12)20)25-11-18(22)21-14-4-6-15(24-3)7-5-14/h4-10H,11H2,1-3H3,(H,21,22). The SMILES string of the molecule is COc1ccc(NC(=O)COc2ccc3c(C)cc(=O)oc3c2C)cc1. The minimum Gasteiger partial charge on any atom is -0.497 e. The quantitative estimate of drug-likeness (QED) is 0.711. The van der Waals surface area contributed by atoms with Crippen molar-refractivity contribution in [3.63, 3.8) is 0 Å². The van der Waals surface area contributed by atoms with Gasteiger partial charge < -0.3 is 19.2 Å². The second kappa shape index (κ2) is 7.31. The van der Waals surface area contributed by atoms with Crippen LogP contribution in [0.3, 0.4) is 0 Å². The lowest BCUT2D eigenvalue weighted by Gasteiger charge is -2.11. The smallest absolute Gasteiger partial charge is 0.336 e. The summed E-state index contributed by atoms with van der Waals surface area (Å²) in [5.74, 6) is 0.916. The molecule has 134 valence electrons. The molecule has 6 nitrogen and oxygen atoms in total. The normalized spacial score (nSPS) is 10.6. The Hall–Kier alpha value is -3.28. The first kappa shape index (κ1) is 17.5. The zero-order chi connectivity index (χ0) is 18.7. The number of ether oxygens (including phenoxy) is 2. The molecule has 0 fully saturated rings. The average molecular weight is 353 g/mol. The Morgan fingerprint density at radius 2 is 1.85 bits per heavy atom. The van der Waals surface area contributed by atoms with Gasteiger partial charge in [-0.2, -0.15) is 0 Å². The largest absolute Gasteiger partial charge is 0.497 e. The van der Waals surface area contributed by atoms with Crippen LogP contribution in [0.4, 0.5) is 5.69 Å². The lowest BCUT2D eigenvalue weighted by atomic mass is 10.1. The third kappa shape index (κ3) is 3.69. The van der Waals surface area contributed by atoms with Crippen molar-refractivity contribution >= 4 is 22.6 Å². The minimum absolute atomic E-state index is 0.158. The van der Waals surface area contributed by atoms with Crippen LogP contribution in [0, 0.1) is 13.8 Å². The van der Waals surface area contributed by atoms with Crippen LogP contribution in [0.25, 0.3) is 11.0 Å².